The first kappa shape index (κ1) is 19.2. The number of nitrogens with one attached hydrogen (secondary N) is 1. The van der Waals surface area contributed by atoms with Crippen LogP contribution in [0.4, 0.5) is 4.79 Å². The van der Waals surface area contributed by atoms with Crippen molar-refractivity contribution >= 4 is 18.0 Å². The van der Waals surface area contributed by atoms with Crippen molar-refractivity contribution in [1.82, 2.24) is 5.32 Å². The summed E-state index contributed by atoms with van der Waals surface area (Å²) in [6.07, 6.45) is -1.15. The van der Waals surface area contributed by atoms with Gasteiger partial charge in [-0.05, 0) is 48.0 Å². The molecular weight excluding hydrogens is 278 g/mol. The number of carbonyl (C=O) groups is 3. The van der Waals surface area contributed by atoms with Crippen molar-refractivity contribution in [2.24, 2.45) is 0 Å². The molecule has 0 bridgehead atoms. The molecule has 0 aliphatic rings. The highest BCUT2D eigenvalue weighted by Crippen LogP contribution is 2.11. The highest BCUT2D eigenvalue weighted by molar-refractivity contribution is 5.79. The molecule has 1 atom stereocenters. The zero-order valence-corrected chi connectivity index (χ0v) is 13.4. The van der Waals surface area contributed by atoms with Crippen LogP contribution in [-0.2, 0) is 19.1 Å². The maximum Gasteiger partial charge on any atom is 0.408 e. The number of carboxylic acids is 1. The molecule has 7 nitrogen and oxygen atoms in total. The van der Waals surface area contributed by atoms with Gasteiger partial charge in [-0.1, -0.05) is 0 Å². The van der Waals surface area contributed by atoms with Crippen molar-refractivity contribution in [3.63, 3.8) is 0 Å². The van der Waals surface area contributed by atoms with Crippen LogP contribution in [0.5, 0.6) is 0 Å². The summed E-state index contributed by atoms with van der Waals surface area (Å²) in [6, 6.07) is -1.31. The molecule has 0 spiro atoms. The van der Waals surface area contributed by atoms with Gasteiger partial charge in [-0.3, -0.25) is 4.79 Å². The maximum atomic E-state index is 11.5. The Balaban J connectivity index is 4.42. The molecule has 0 saturated carbocycles. The van der Waals surface area contributed by atoms with Crippen LogP contribution in [0.3, 0.4) is 0 Å². The van der Waals surface area contributed by atoms with Gasteiger partial charge in [-0.25, -0.2) is 4.79 Å². The molecule has 0 rings (SSSR count). The van der Waals surface area contributed by atoms with Crippen molar-refractivity contribution in [3.8, 4) is 0 Å². The third-order valence-corrected chi connectivity index (χ3v) is 2.03. The van der Waals surface area contributed by atoms with Gasteiger partial charge in [0.25, 0.3) is 0 Å². The summed E-state index contributed by atoms with van der Waals surface area (Å²) in [5.41, 5.74) is -1.39. The molecule has 0 aromatic carbocycles. The van der Waals surface area contributed by atoms with E-state index in [-0.39, 0.29) is 12.8 Å². The van der Waals surface area contributed by atoms with Crippen LogP contribution in [0.1, 0.15) is 54.4 Å². The first-order valence-corrected chi connectivity index (χ1v) is 6.72. The zero-order valence-electron chi connectivity index (χ0n) is 13.4. The van der Waals surface area contributed by atoms with Crippen molar-refractivity contribution in [3.05, 3.63) is 0 Å². The number of ether oxygens (including phenoxy) is 2. The Labute approximate surface area is 125 Å². The van der Waals surface area contributed by atoms with Gasteiger partial charge >= 0.3 is 12.1 Å². The fraction of sp³-hybridized carbons (Fsp3) is 0.786. The van der Waals surface area contributed by atoms with E-state index >= 15 is 0 Å². The number of carboxylic acid groups (broad SMARTS) is 1. The average Bonchev–Trinajstić information content (AvgIpc) is 2.18. The Morgan fingerprint density at radius 2 is 1.48 bits per heavy atom. The van der Waals surface area contributed by atoms with E-state index in [0.717, 1.165) is 0 Å². The van der Waals surface area contributed by atoms with Crippen LogP contribution in [0.25, 0.3) is 0 Å². The molecule has 0 aliphatic carbocycles. The molecule has 122 valence electrons. The molecule has 7 heteroatoms. The molecule has 0 unspecified atom stereocenters. The minimum Gasteiger partial charge on any atom is -0.548 e. The Morgan fingerprint density at radius 1 is 1.00 bits per heavy atom. The average molecular weight is 302 g/mol. The molecule has 21 heavy (non-hydrogen) atoms. The Morgan fingerprint density at radius 3 is 1.86 bits per heavy atom. The standard InChI is InChI=1S/C14H25NO6/c1-13(2,3)20-10(16)8-7-9(11(17)18)15-12(19)21-14(4,5)6/h9H,7-8H2,1-6H3,(H,15,19)(H,17,18)/p-1/t9-/m1/s1. The van der Waals surface area contributed by atoms with Gasteiger partial charge in [0.15, 0.2) is 0 Å². The highest BCUT2D eigenvalue weighted by atomic mass is 16.6. The maximum absolute atomic E-state index is 11.5. The quantitative estimate of drug-likeness (QED) is 0.751. The number of rotatable bonds is 5. The van der Waals surface area contributed by atoms with Crippen molar-refractivity contribution in [1.29, 1.82) is 0 Å². The lowest BCUT2D eigenvalue weighted by molar-refractivity contribution is -0.308. The summed E-state index contributed by atoms with van der Waals surface area (Å²) in [5.74, 6) is -2.02. The molecular formula is C14H24NO6-. The van der Waals surface area contributed by atoms with E-state index in [2.05, 4.69) is 5.32 Å². The number of hydrogen-bond donors (Lipinski definition) is 1. The van der Waals surface area contributed by atoms with E-state index in [4.69, 9.17) is 9.47 Å². The second-order valence-corrected chi connectivity index (χ2v) is 6.64. The summed E-state index contributed by atoms with van der Waals surface area (Å²) < 4.78 is 10.0. The Bertz CT molecular complexity index is 391. The number of esters is 1. The molecule has 0 aliphatic heterocycles. The summed E-state index contributed by atoms with van der Waals surface area (Å²) in [5, 5.41) is 13.1. The predicted molar refractivity (Wildman–Crippen MR) is 73.2 cm³/mol. The van der Waals surface area contributed by atoms with Gasteiger partial charge in [0.2, 0.25) is 0 Å². The highest BCUT2D eigenvalue weighted by Gasteiger charge is 2.22. The van der Waals surface area contributed by atoms with Crippen LogP contribution in [0.2, 0.25) is 0 Å². The smallest absolute Gasteiger partial charge is 0.408 e. The van der Waals surface area contributed by atoms with Gasteiger partial charge in [0.05, 0.1) is 12.0 Å². The zero-order chi connectivity index (χ0) is 16.8. The monoisotopic (exact) mass is 302 g/mol. The predicted octanol–water partition coefficient (Wildman–Crippen LogP) is 0.751. The molecule has 0 radical (unpaired) electrons. The lowest BCUT2D eigenvalue weighted by Crippen LogP contribution is -2.49. The lowest BCUT2D eigenvalue weighted by atomic mass is 10.1. The fourth-order valence-electron chi connectivity index (χ4n) is 1.35. The van der Waals surface area contributed by atoms with Gasteiger partial charge in [-0.2, -0.15) is 0 Å². The molecule has 0 heterocycles. The normalized spacial score (nSPS) is 13.2. The molecule has 0 aromatic heterocycles. The first-order chi connectivity index (χ1) is 9.30. The van der Waals surface area contributed by atoms with Crippen LogP contribution in [0, 0.1) is 0 Å². The third kappa shape index (κ3) is 10.6. The van der Waals surface area contributed by atoms with Crippen molar-refractivity contribution in [2.75, 3.05) is 0 Å². The fourth-order valence-corrected chi connectivity index (χ4v) is 1.35. The second kappa shape index (κ2) is 7.28. The van der Waals surface area contributed by atoms with Gasteiger partial charge in [0.1, 0.15) is 11.2 Å². The van der Waals surface area contributed by atoms with E-state index in [1.165, 1.54) is 0 Å². The summed E-state index contributed by atoms with van der Waals surface area (Å²) in [7, 11) is 0. The van der Waals surface area contributed by atoms with E-state index in [1.807, 2.05) is 0 Å². The van der Waals surface area contributed by atoms with Gasteiger partial charge in [0, 0.05) is 6.42 Å². The Hall–Kier alpha value is -1.79. The molecule has 0 saturated heterocycles. The van der Waals surface area contributed by atoms with Gasteiger partial charge in [-0.15, -0.1) is 0 Å². The molecule has 0 fully saturated rings. The minimum atomic E-state index is -1.48. The van der Waals surface area contributed by atoms with E-state index < -0.39 is 35.3 Å². The summed E-state index contributed by atoms with van der Waals surface area (Å²) >= 11 is 0. The third-order valence-electron chi connectivity index (χ3n) is 2.03. The topological polar surface area (TPSA) is 105 Å². The van der Waals surface area contributed by atoms with Crippen LogP contribution < -0.4 is 10.4 Å². The van der Waals surface area contributed by atoms with Crippen LogP contribution in [-0.4, -0.2) is 35.3 Å². The van der Waals surface area contributed by atoms with Crippen molar-refractivity contribution < 1.29 is 29.0 Å². The lowest BCUT2D eigenvalue weighted by Gasteiger charge is -2.24. The number of alkyl carbamates (subject to hydrolysis) is 1. The summed E-state index contributed by atoms with van der Waals surface area (Å²) in [6.45, 7) is 10.1. The largest absolute Gasteiger partial charge is 0.548 e. The van der Waals surface area contributed by atoms with Crippen LogP contribution >= 0.6 is 0 Å². The van der Waals surface area contributed by atoms with Crippen molar-refractivity contribution in [2.45, 2.75) is 71.6 Å². The van der Waals surface area contributed by atoms with Crippen LogP contribution in [0.15, 0.2) is 0 Å². The minimum absolute atomic E-state index is 0.128. The van der Waals surface area contributed by atoms with E-state index in [0.29, 0.717) is 0 Å². The molecule has 0 aromatic rings. The number of carbonyl (C=O) groups excluding carboxylic acids is 3. The Kier molecular flexibility index (Phi) is 6.66. The van der Waals surface area contributed by atoms with Gasteiger partial charge < -0.3 is 24.7 Å². The molecule has 1 amide bonds. The number of hydrogen-bond acceptors (Lipinski definition) is 6. The SMILES string of the molecule is CC(C)(C)OC(=O)CC[C@@H](NC(=O)OC(C)(C)C)C(=O)[O-]. The second-order valence-electron chi connectivity index (χ2n) is 6.64. The van der Waals surface area contributed by atoms with E-state index in [9.17, 15) is 19.5 Å². The summed E-state index contributed by atoms with van der Waals surface area (Å²) in [4.78, 5) is 34.0. The first-order valence-electron chi connectivity index (χ1n) is 6.72. The van der Waals surface area contributed by atoms with E-state index in [1.54, 1.807) is 41.5 Å². The number of aliphatic carboxylic acids is 1. The molecule has 1 N–H and O–H groups in total. The number of amides is 1.